The summed E-state index contributed by atoms with van der Waals surface area (Å²) in [5.41, 5.74) is 0. The van der Waals surface area contributed by atoms with Crippen molar-refractivity contribution in [2.75, 3.05) is 0 Å². The van der Waals surface area contributed by atoms with E-state index in [1.165, 1.54) is 70.6 Å². The lowest BCUT2D eigenvalue weighted by molar-refractivity contribution is 0.391. The number of hydrogen-bond acceptors (Lipinski definition) is 0. The van der Waals surface area contributed by atoms with E-state index in [9.17, 15) is 0 Å². The molecule has 0 N–H and O–H groups in total. The zero-order chi connectivity index (χ0) is 12.1. The van der Waals surface area contributed by atoms with Crippen LogP contribution in [0.3, 0.4) is 0 Å². The summed E-state index contributed by atoms with van der Waals surface area (Å²) in [4.78, 5) is 0. The Balaban J connectivity index is 3.25. The van der Waals surface area contributed by atoms with Crippen LogP contribution in [0.2, 0.25) is 0 Å². The van der Waals surface area contributed by atoms with Crippen molar-refractivity contribution in [3.63, 3.8) is 0 Å². The largest absolute Gasteiger partial charge is 0.0654 e. The lowest BCUT2D eigenvalue weighted by Crippen LogP contribution is -1.99. The van der Waals surface area contributed by atoms with Gasteiger partial charge >= 0.3 is 0 Å². The summed E-state index contributed by atoms with van der Waals surface area (Å²) >= 11 is 0. The van der Waals surface area contributed by atoms with Crippen molar-refractivity contribution in [3.8, 4) is 0 Å². The second-order valence-corrected chi connectivity index (χ2v) is 5.21. The fourth-order valence-electron chi connectivity index (χ4n) is 2.57. The van der Waals surface area contributed by atoms with Crippen LogP contribution in [0.25, 0.3) is 0 Å². The van der Waals surface area contributed by atoms with Crippen LogP contribution in [-0.2, 0) is 0 Å². The maximum absolute atomic E-state index is 3.88. The van der Waals surface area contributed by atoms with E-state index in [-0.39, 0.29) is 0 Å². The molecule has 0 spiro atoms. The first-order chi connectivity index (χ1) is 7.85. The predicted molar refractivity (Wildman–Crippen MR) is 75.6 cm³/mol. The van der Waals surface area contributed by atoms with Crippen LogP contribution in [0.15, 0.2) is 0 Å². The summed E-state index contributed by atoms with van der Waals surface area (Å²) in [6.07, 6.45) is 16.8. The first-order valence-corrected chi connectivity index (χ1v) is 7.64. The maximum atomic E-state index is 3.88. The molecular weight excluding hydrogens is 192 g/mol. The van der Waals surface area contributed by atoms with Crippen molar-refractivity contribution in [1.82, 2.24) is 0 Å². The molecular formula is C16H33. The van der Waals surface area contributed by atoms with Crippen molar-refractivity contribution in [2.24, 2.45) is 5.92 Å². The standard InChI is InChI=1S/C16H33/c1-4-7-8-9-10-11-12-15-16(13-5-2)14-6-3/h16H,1,4-15H2,2-3H3. The molecule has 0 bridgehead atoms. The molecule has 0 aromatic carbocycles. The molecule has 0 unspecified atom stereocenters. The van der Waals surface area contributed by atoms with E-state index in [1.807, 2.05) is 0 Å². The van der Waals surface area contributed by atoms with Gasteiger partial charge in [0.15, 0.2) is 0 Å². The molecule has 0 nitrogen and oxygen atoms in total. The Morgan fingerprint density at radius 1 is 0.688 bits per heavy atom. The second kappa shape index (κ2) is 13.1. The molecule has 0 saturated carbocycles. The van der Waals surface area contributed by atoms with Gasteiger partial charge in [0.1, 0.15) is 0 Å². The van der Waals surface area contributed by atoms with Crippen molar-refractivity contribution in [1.29, 1.82) is 0 Å². The minimum Gasteiger partial charge on any atom is -0.0654 e. The fraction of sp³-hybridized carbons (Fsp3) is 0.938. The van der Waals surface area contributed by atoms with Gasteiger partial charge in [-0.1, -0.05) is 97.8 Å². The van der Waals surface area contributed by atoms with E-state index in [1.54, 1.807) is 0 Å². The van der Waals surface area contributed by atoms with Gasteiger partial charge in [-0.2, -0.15) is 0 Å². The summed E-state index contributed by atoms with van der Waals surface area (Å²) in [6.45, 7) is 8.53. The molecule has 0 aliphatic carbocycles. The van der Waals surface area contributed by atoms with Crippen molar-refractivity contribution in [2.45, 2.75) is 90.9 Å². The van der Waals surface area contributed by atoms with Crippen LogP contribution in [-0.4, -0.2) is 0 Å². The van der Waals surface area contributed by atoms with Crippen LogP contribution in [0, 0.1) is 12.8 Å². The van der Waals surface area contributed by atoms with Gasteiger partial charge in [-0.25, -0.2) is 0 Å². The van der Waals surface area contributed by atoms with E-state index in [2.05, 4.69) is 20.8 Å². The second-order valence-electron chi connectivity index (χ2n) is 5.21. The molecule has 0 heteroatoms. The van der Waals surface area contributed by atoms with Crippen LogP contribution in [0.1, 0.15) is 90.9 Å². The summed E-state index contributed by atoms with van der Waals surface area (Å²) < 4.78 is 0. The van der Waals surface area contributed by atoms with Crippen LogP contribution in [0.4, 0.5) is 0 Å². The Bertz CT molecular complexity index is 111. The third-order valence-electron chi connectivity index (χ3n) is 3.51. The smallest absolute Gasteiger partial charge is 0.0414 e. The highest BCUT2D eigenvalue weighted by Gasteiger charge is 2.05. The molecule has 0 aromatic heterocycles. The van der Waals surface area contributed by atoms with Gasteiger partial charge in [-0.3, -0.25) is 0 Å². The van der Waals surface area contributed by atoms with Crippen molar-refractivity contribution in [3.05, 3.63) is 6.92 Å². The zero-order valence-corrected chi connectivity index (χ0v) is 11.8. The molecule has 97 valence electrons. The highest BCUT2D eigenvalue weighted by molar-refractivity contribution is 4.59. The molecule has 0 heterocycles. The van der Waals surface area contributed by atoms with Crippen LogP contribution >= 0.6 is 0 Å². The van der Waals surface area contributed by atoms with Crippen LogP contribution in [0.5, 0.6) is 0 Å². The van der Waals surface area contributed by atoms with Gasteiger partial charge in [0, 0.05) is 0 Å². The van der Waals surface area contributed by atoms with E-state index in [4.69, 9.17) is 0 Å². The molecule has 0 fully saturated rings. The van der Waals surface area contributed by atoms with Gasteiger partial charge in [-0.05, 0) is 5.92 Å². The quantitative estimate of drug-likeness (QED) is 0.349. The molecule has 0 amide bonds. The SMILES string of the molecule is [CH2]CCCCCCCCC(CCC)CCC. The topological polar surface area (TPSA) is 0 Å². The molecule has 0 atom stereocenters. The van der Waals surface area contributed by atoms with Gasteiger partial charge in [-0.15, -0.1) is 0 Å². The van der Waals surface area contributed by atoms with E-state index >= 15 is 0 Å². The zero-order valence-electron chi connectivity index (χ0n) is 11.8. The first-order valence-electron chi connectivity index (χ1n) is 7.64. The summed E-state index contributed by atoms with van der Waals surface area (Å²) in [6, 6.07) is 0. The minimum atomic E-state index is 1.02. The normalized spacial score (nSPS) is 11.2. The monoisotopic (exact) mass is 225 g/mol. The molecule has 0 aliphatic heterocycles. The fourth-order valence-corrected chi connectivity index (χ4v) is 2.57. The van der Waals surface area contributed by atoms with E-state index in [0.717, 1.165) is 12.3 Å². The average Bonchev–Trinajstić information content (AvgIpc) is 2.28. The van der Waals surface area contributed by atoms with Gasteiger partial charge in [0.2, 0.25) is 0 Å². The maximum Gasteiger partial charge on any atom is -0.0414 e. The third kappa shape index (κ3) is 10.5. The Kier molecular flexibility index (Phi) is 13.1. The highest BCUT2D eigenvalue weighted by atomic mass is 14.1. The number of rotatable bonds is 12. The van der Waals surface area contributed by atoms with Gasteiger partial charge in [0.05, 0.1) is 0 Å². The molecule has 0 aliphatic rings. The van der Waals surface area contributed by atoms with Gasteiger partial charge < -0.3 is 0 Å². The van der Waals surface area contributed by atoms with Crippen LogP contribution < -0.4 is 0 Å². The molecule has 0 rings (SSSR count). The summed E-state index contributed by atoms with van der Waals surface area (Å²) in [5, 5.41) is 0. The summed E-state index contributed by atoms with van der Waals surface area (Å²) in [5.74, 6) is 1.02. The van der Waals surface area contributed by atoms with E-state index < -0.39 is 0 Å². The minimum absolute atomic E-state index is 1.02. The third-order valence-corrected chi connectivity index (χ3v) is 3.51. The Morgan fingerprint density at radius 2 is 1.19 bits per heavy atom. The Labute approximate surface area is 104 Å². The average molecular weight is 225 g/mol. The summed E-state index contributed by atoms with van der Waals surface area (Å²) in [7, 11) is 0. The molecule has 1 radical (unpaired) electrons. The first kappa shape index (κ1) is 16.0. The number of unbranched alkanes of at least 4 members (excludes halogenated alkanes) is 6. The Morgan fingerprint density at radius 3 is 1.69 bits per heavy atom. The molecule has 0 saturated heterocycles. The predicted octanol–water partition coefficient (Wildman–Crippen LogP) is 6.16. The van der Waals surface area contributed by atoms with Crippen molar-refractivity contribution >= 4 is 0 Å². The highest BCUT2D eigenvalue weighted by Crippen LogP contribution is 2.21. The Hall–Kier alpha value is 0. The molecule has 0 aromatic rings. The lowest BCUT2D eigenvalue weighted by Gasteiger charge is -2.14. The van der Waals surface area contributed by atoms with Crippen molar-refractivity contribution < 1.29 is 0 Å². The van der Waals surface area contributed by atoms with Gasteiger partial charge in [0.25, 0.3) is 0 Å². The lowest BCUT2D eigenvalue weighted by atomic mass is 9.92. The molecule has 16 heavy (non-hydrogen) atoms. The number of hydrogen-bond donors (Lipinski definition) is 0. The van der Waals surface area contributed by atoms with E-state index in [0.29, 0.717) is 0 Å².